The van der Waals surface area contributed by atoms with E-state index in [1.165, 1.54) is 12.1 Å². The SMILES string of the molecule is CCCC(=N)c1ccc([N+](=O)[O-])c(C)n1. The number of nitrogens with one attached hydrogen (secondary N) is 1. The van der Waals surface area contributed by atoms with Crippen molar-refractivity contribution in [2.75, 3.05) is 0 Å². The highest BCUT2D eigenvalue weighted by molar-refractivity contribution is 5.96. The van der Waals surface area contributed by atoms with Gasteiger partial charge in [0.1, 0.15) is 5.69 Å². The van der Waals surface area contributed by atoms with E-state index in [-0.39, 0.29) is 5.69 Å². The summed E-state index contributed by atoms with van der Waals surface area (Å²) in [4.78, 5) is 14.1. The van der Waals surface area contributed by atoms with E-state index < -0.39 is 4.92 Å². The summed E-state index contributed by atoms with van der Waals surface area (Å²) in [5.74, 6) is 0. The van der Waals surface area contributed by atoms with Crippen molar-refractivity contribution in [3.05, 3.63) is 33.6 Å². The van der Waals surface area contributed by atoms with Crippen molar-refractivity contribution in [3.63, 3.8) is 0 Å². The first-order valence-electron chi connectivity index (χ1n) is 4.76. The second kappa shape index (κ2) is 4.63. The highest BCUT2D eigenvalue weighted by atomic mass is 16.6. The van der Waals surface area contributed by atoms with E-state index in [1.54, 1.807) is 6.92 Å². The summed E-state index contributed by atoms with van der Waals surface area (Å²) in [5.41, 5.74) is 1.32. The van der Waals surface area contributed by atoms with E-state index in [0.29, 0.717) is 23.5 Å². The Balaban J connectivity index is 3.01. The number of nitrogens with zero attached hydrogens (tertiary/aromatic N) is 2. The third-order valence-electron chi connectivity index (χ3n) is 2.06. The van der Waals surface area contributed by atoms with Crippen LogP contribution in [0.2, 0.25) is 0 Å². The third kappa shape index (κ3) is 2.59. The number of hydrogen-bond donors (Lipinski definition) is 1. The number of rotatable bonds is 4. The minimum Gasteiger partial charge on any atom is -0.303 e. The van der Waals surface area contributed by atoms with Crippen molar-refractivity contribution in [2.45, 2.75) is 26.7 Å². The number of pyridine rings is 1. The standard InChI is InChI=1S/C10H13N3O2/c1-3-4-8(11)9-5-6-10(13(14)15)7(2)12-9/h5-6,11H,3-4H2,1-2H3. The summed E-state index contributed by atoms with van der Waals surface area (Å²) >= 11 is 0. The molecule has 0 fully saturated rings. The van der Waals surface area contributed by atoms with Crippen LogP contribution in [0, 0.1) is 22.4 Å². The van der Waals surface area contributed by atoms with Crippen LogP contribution >= 0.6 is 0 Å². The van der Waals surface area contributed by atoms with Gasteiger partial charge in [-0.15, -0.1) is 0 Å². The molecule has 0 radical (unpaired) electrons. The van der Waals surface area contributed by atoms with Crippen LogP contribution in [-0.4, -0.2) is 15.6 Å². The van der Waals surface area contributed by atoms with Crippen molar-refractivity contribution < 1.29 is 4.92 Å². The Kier molecular flexibility index (Phi) is 3.49. The van der Waals surface area contributed by atoms with Crippen molar-refractivity contribution in [3.8, 4) is 0 Å². The summed E-state index contributed by atoms with van der Waals surface area (Å²) in [6, 6.07) is 2.94. The monoisotopic (exact) mass is 207 g/mol. The zero-order valence-corrected chi connectivity index (χ0v) is 8.78. The smallest absolute Gasteiger partial charge is 0.290 e. The summed E-state index contributed by atoms with van der Waals surface area (Å²) in [6.07, 6.45) is 1.51. The predicted molar refractivity (Wildman–Crippen MR) is 57.4 cm³/mol. The zero-order valence-electron chi connectivity index (χ0n) is 8.78. The van der Waals surface area contributed by atoms with Gasteiger partial charge >= 0.3 is 0 Å². The van der Waals surface area contributed by atoms with Crippen molar-refractivity contribution in [2.24, 2.45) is 0 Å². The summed E-state index contributed by atoms with van der Waals surface area (Å²) in [5, 5.41) is 18.2. The van der Waals surface area contributed by atoms with Gasteiger partial charge in [0.25, 0.3) is 5.69 Å². The van der Waals surface area contributed by atoms with Crippen LogP contribution in [0.1, 0.15) is 31.2 Å². The van der Waals surface area contributed by atoms with E-state index >= 15 is 0 Å². The quantitative estimate of drug-likeness (QED) is 0.468. The molecule has 0 unspecified atom stereocenters. The molecule has 5 nitrogen and oxygen atoms in total. The summed E-state index contributed by atoms with van der Waals surface area (Å²) in [7, 11) is 0. The first kappa shape index (κ1) is 11.3. The van der Waals surface area contributed by atoms with Crippen molar-refractivity contribution in [1.82, 2.24) is 4.98 Å². The van der Waals surface area contributed by atoms with Crippen LogP contribution in [-0.2, 0) is 0 Å². The minimum atomic E-state index is -0.463. The lowest BCUT2D eigenvalue weighted by Crippen LogP contribution is -2.04. The van der Waals surface area contributed by atoms with Gasteiger partial charge in [0.2, 0.25) is 0 Å². The van der Waals surface area contributed by atoms with Gasteiger partial charge in [0.05, 0.1) is 16.3 Å². The van der Waals surface area contributed by atoms with Gasteiger partial charge in [-0.05, 0) is 19.4 Å². The largest absolute Gasteiger partial charge is 0.303 e. The van der Waals surface area contributed by atoms with E-state index in [1.807, 2.05) is 6.92 Å². The molecular formula is C10H13N3O2. The Morgan fingerprint density at radius 1 is 1.60 bits per heavy atom. The molecule has 0 aliphatic carbocycles. The van der Waals surface area contributed by atoms with Crippen LogP contribution < -0.4 is 0 Å². The molecule has 0 atom stereocenters. The lowest BCUT2D eigenvalue weighted by Gasteiger charge is -2.02. The van der Waals surface area contributed by atoms with Crippen LogP contribution in [0.4, 0.5) is 5.69 Å². The molecule has 80 valence electrons. The van der Waals surface area contributed by atoms with Gasteiger partial charge in [0.15, 0.2) is 0 Å². The number of aryl methyl sites for hydroxylation is 1. The molecule has 0 amide bonds. The van der Waals surface area contributed by atoms with Crippen LogP contribution in [0.25, 0.3) is 0 Å². The second-order valence-electron chi connectivity index (χ2n) is 3.29. The zero-order chi connectivity index (χ0) is 11.4. The van der Waals surface area contributed by atoms with Gasteiger partial charge in [0, 0.05) is 6.07 Å². The summed E-state index contributed by atoms with van der Waals surface area (Å²) < 4.78 is 0. The Morgan fingerprint density at radius 2 is 2.27 bits per heavy atom. The molecule has 15 heavy (non-hydrogen) atoms. The van der Waals surface area contributed by atoms with Gasteiger partial charge in [-0.1, -0.05) is 13.3 Å². The van der Waals surface area contributed by atoms with Crippen LogP contribution in [0.15, 0.2) is 12.1 Å². The number of hydrogen-bond acceptors (Lipinski definition) is 4. The Morgan fingerprint density at radius 3 is 2.73 bits per heavy atom. The molecule has 1 N–H and O–H groups in total. The fourth-order valence-corrected chi connectivity index (χ4v) is 1.29. The molecule has 1 heterocycles. The average Bonchev–Trinajstić information content (AvgIpc) is 2.17. The second-order valence-corrected chi connectivity index (χ2v) is 3.29. The molecule has 1 rings (SSSR count). The molecular weight excluding hydrogens is 194 g/mol. The van der Waals surface area contributed by atoms with Crippen molar-refractivity contribution in [1.29, 1.82) is 5.41 Å². The fourth-order valence-electron chi connectivity index (χ4n) is 1.29. The highest BCUT2D eigenvalue weighted by Gasteiger charge is 2.13. The van der Waals surface area contributed by atoms with E-state index in [9.17, 15) is 10.1 Å². The fraction of sp³-hybridized carbons (Fsp3) is 0.400. The van der Waals surface area contributed by atoms with Gasteiger partial charge in [-0.3, -0.25) is 10.1 Å². The highest BCUT2D eigenvalue weighted by Crippen LogP contribution is 2.16. The normalized spacial score (nSPS) is 10.0. The number of aromatic nitrogens is 1. The first-order chi connectivity index (χ1) is 7.06. The number of nitro groups is 1. The molecule has 0 saturated heterocycles. The lowest BCUT2D eigenvalue weighted by atomic mass is 10.1. The molecule has 0 saturated carbocycles. The molecule has 0 spiro atoms. The average molecular weight is 207 g/mol. The molecule has 5 heteroatoms. The van der Waals surface area contributed by atoms with Gasteiger partial charge in [-0.25, -0.2) is 4.98 Å². The van der Waals surface area contributed by atoms with E-state index in [0.717, 1.165) is 6.42 Å². The maximum absolute atomic E-state index is 10.5. The first-order valence-corrected chi connectivity index (χ1v) is 4.76. The molecule has 0 aliphatic heterocycles. The van der Waals surface area contributed by atoms with Crippen molar-refractivity contribution >= 4 is 11.4 Å². The molecule has 0 bridgehead atoms. The topological polar surface area (TPSA) is 79.9 Å². The third-order valence-corrected chi connectivity index (χ3v) is 2.06. The van der Waals surface area contributed by atoms with E-state index in [4.69, 9.17) is 5.41 Å². The minimum absolute atomic E-state index is 0.00282. The van der Waals surface area contributed by atoms with Gasteiger partial charge < -0.3 is 5.41 Å². The molecule has 0 aromatic carbocycles. The maximum atomic E-state index is 10.5. The molecule has 1 aromatic rings. The Labute approximate surface area is 87.8 Å². The maximum Gasteiger partial charge on any atom is 0.290 e. The van der Waals surface area contributed by atoms with Crippen LogP contribution in [0.3, 0.4) is 0 Å². The predicted octanol–water partition coefficient (Wildman–Crippen LogP) is 2.47. The Hall–Kier alpha value is -1.78. The van der Waals surface area contributed by atoms with E-state index in [2.05, 4.69) is 4.98 Å². The molecule has 0 aliphatic rings. The summed E-state index contributed by atoms with van der Waals surface area (Å²) in [6.45, 7) is 3.56. The van der Waals surface area contributed by atoms with Crippen LogP contribution in [0.5, 0.6) is 0 Å². The van der Waals surface area contributed by atoms with Gasteiger partial charge in [-0.2, -0.15) is 0 Å². The lowest BCUT2D eigenvalue weighted by molar-refractivity contribution is -0.385. The Bertz CT molecular complexity index is 402. The molecule has 1 aromatic heterocycles.